The van der Waals surface area contributed by atoms with E-state index in [2.05, 4.69) is 40.1 Å². The summed E-state index contributed by atoms with van der Waals surface area (Å²) in [5.74, 6) is 0.897. The van der Waals surface area contributed by atoms with E-state index < -0.39 is 0 Å². The van der Waals surface area contributed by atoms with Crippen LogP contribution in [0, 0.1) is 6.92 Å². The second-order valence-electron chi connectivity index (χ2n) is 5.24. The zero-order valence-corrected chi connectivity index (χ0v) is 16.1. The van der Waals surface area contributed by atoms with Crippen molar-refractivity contribution >= 4 is 41.3 Å². The molecule has 1 aliphatic rings. The lowest BCUT2D eigenvalue weighted by Gasteiger charge is -2.15. The Balaban J connectivity index is 0.00000220. The average Bonchev–Trinajstić information content (AvgIpc) is 2.89. The van der Waals surface area contributed by atoms with Crippen molar-refractivity contribution in [3.8, 4) is 0 Å². The van der Waals surface area contributed by atoms with Gasteiger partial charge < -0.3 is 10.6 Å². The van der Waals surface area contributed by atoms with Crippen molar-refractivity contribution in [2.24, 2.45) is 4.99 Å². The van der Waals surface area contributed by atoms with Crippen LogP contribution >= 0.6 is 35.3 Å². The predicted octanol–water partition coefficient (Wildman–Crippen LogP) is 4.23. The zero-order chi connectivity index (χ0) is 14.2. The highest BCUT2D eigenvalue weighted by Gasteiger charge is 2.05. The van der Waals surface area contributed by atoms with Gasteiger partial charge in [0.05, 0.1) is 6.54 Å². The topological polar surface area (TPSA) is 36.4 Å². The number of aliphatic imine (C=N–C) groups is 1. The highest BCUT2D eigenvalue weighted by atomic mass is 127. The smallest absolute Gasteiger partial charge is 0.191 e. The van der Waals surface area contributed by atoms with Crippen molar-refractivity contribution in [1.29, 1.82) is 0 Å². The van der Waals surface area contributed by atoms with Crippen molar-refractivity contribution < 1.29 is 0 Å². The van der Waals surface area contributed by atoms with Crippen LogP contribution in [0.2, 0.25) is 0 Å². The lowest BCUT2D eigenvalue weighted by atomic mass is 9.97. The second-order valence-corrected chi connectivity index (χ2v) is 6.24. The van der Waals surface area contributed by atoms with E-state index in [9.17, 15) is 0 Å². The molecule has 0 saturated carbocycles. The van der Waals surface area contributed by atoms with Gasteiger partial charge in [-0.2, -0.15) is 0 Å². The molecule has 1 aromatic rings. The van der Waals surface area contributed by atoms with Gasteiger partial charge in [-0.15, -0.1) is 35.3 Å². The number of allylic oxidation sites excluding steroid dienone is 1. The summed E-state index contributed by atoms with van der Waals surface area (Å²) in [4.78, 5) is 5.66. The van der Waals surface area contributed by atoms with Crippen LogP contribution in [-0.4, -0.2) is 19.6 Å². The molecular weight excluding hydrogens is 393 g/mol. The second kappa shape index (κ2) is 10.2. The lowest BCUT2D eigenvalue weighted by molar-refractivity contribution is 0.665. The summed E-state index contributed by atoms with van der Waals surface area (Å²) in [5.41, 5.74) is 2.96. The fraction of sp³-hybridized carbons (Fsp3) is 0.562. The Kier molecular flexibility index (Phi) is 8.99. The molecular formula is C16H26IN3S. The maximum atomic E-state index is 4.28. The minimum absolute atomic E-state index is 0. The molecule has 2 rings (SSSR count). The molecule has 5 heteroatoms. The molecule has 1 aromatic heterocycles. The van der Waals surface area contributed by atoms with E-state index in [0.717, 1.165) is 25.5 Å². The van der Waals surface area contributed by atoms with Gasteiger partial charge in [-0.1, -0.05) is 11.6 Å². The van der Waals surface area contributed by atoms with Crippen molar-refractivity contribution in [2.75, 3.05) is 13.6 Å². The minimum Gasteiger partial charge on any atom is -0.356 e. The first-order valence-electron chi connectivity index (χ1n) is 7.45. The van der Waals surface area contributed by atoms with E-state index in [-0.39, 0.29) is 24.0 Å². The molecule has 2 N–H and O–H groups in total. The molecule has 0 unspecified atom stereocenters. The Morgan fingerprint density at radius 3 is 2.81 bits per heavy atom. The van der Waals surface area contributed by atoms with Crippen LogP contribution in [0.3, 0.4) is 0 Å². The lowest BCUT2D eigenvalue weighted by Crippen LogP contribution is -2.37. The summed E-state index contributed by atoms with van der Waals surface area (Å²) in [7, 11) is 1.83. The third kappa shape index (κ3) is 6.38. The largest absolute Gasteiger partial charge is 0.356 e. The van der Waals surface area contributed by atoms with Gasteiger partial charge in [0, 0.05) is 18.5 Å². The minimum atomic E-state index is 0. The molecule has 0 aromatic carbocycles. The van der Waals surface area contributed by atoms with Crippen molar-refractivity contribution in [1.82, 2.24) is 10.6 Å². The molecule has 0 spiro atoms. The molecule has 0 fully saturated rings. The third-order valence-electron chi connectivity index (χ3n) is 3.73. The number of rotatable bonds is 5. The number of nitrogens with zero attached hydrogens (tertiary/aromatic N) is 1. The summed E-state index contributed by atoms with van der Waals surface area (Å²) in [6, 6.07) is 2.16. The van der Waals surface area contributed by atoms with Crippen molar-refractivity contribution in [3.05, 3.63) is 33.5 Å². The van der Waals surface area contributed by atoms with E-state index >= 15 is 0 Å². The van der Waals surface area contributed by atoms with Gasteiger partial charge in [0.25, 0.3) is 0 Å². The summed E-state index contributed by atoms with van der Waals surface area (Å²) < 4.78 is 0. The molecule has 0 amide bonds. The monoisotopic (exact) mass is 419 g/mol. The number of nitrogens with one attached hydrogen (secondary N) is 2. The molecule has 0 aliphatic heterocycles. The van der Waals surface area contributed by atoms with Crippen LogP contribution < -0.4 is 10.6 Å². The van der Waals surface area contributed by atoms with E-state index in [4.69, 9.17) is 0 Å². The van der Waals surface area contributed by atoms with Gasteiger partial charge in [-0.3, -0.25) is 4.99 Å². The Morgan fingerprint density at radius 2 is 2.19 bits per heavy atom. The van der Waals surface area contributed by atoms with Crippen LogP contribution in [0.1, 0.15) is 42.5 Å². The first kappa shape index (κ1) is 18.5. The third-order valence-corrected chi connectivity index (χ3v) is 4.75. The van der Waals surface area contributed by atoms with Gasteiger partial charge in [-0.25, -0.2) is 0 Å². The normalized spacial score (nSPS) is 15.1. The summed E-state index contributed by atoms with van der Waals surface area (Å²) in [6.07, 6.45) is 8.81. The molecule has 21 heavy (non-hydrogen) atoms. The maximum Gasteiger partial charge on any atom is 0.191 e. The van der Waals surface area contributed by atoms with E-state index in [1.807, 2.05) is 7.05 Å². The number of halogens is 1. The Morgan fingerprint density at radius 1 is 1.33 bits per heavy atom. The van der Waals surface area contributed by atoms with Gasteiger partial charge >= 0.3 is 0 Å². The molecule has 0 saturated heterocycles. The van der Waals surface area contributed by atoms with E-state index in [0.29, 0.717) is 0 Å². The quantitative estimate of drug-likeness (QED) is 0.324. The number of aryl methyl sites for hydroxylation is 1. The Hall–Kier alpha value is -0.560. The molecule has 1 aliphatic carbocycles. The molecule has 118 valence electrons. The van der Waals surface area contributed by atoms with Gasteiger partial charge in [0.1, 0.15) is 0 Å². The number of hydrogen-bond donors (Lipinski definition) is 2. The van der Waals surface area contributed by atoms with Crippen molar-refractivity contribution in [2.45, 2.75) is 45.6 Å². The highest BCUT2D eigenvalue weighted by molar-refractivity contribution is 14.0. The van der Waals surface area contributed by atoms with Gasteiger partial charge in [0.2, 0.25) is 0 Å². The highest BCUT2D eigenvalue weighted by Crippen LogP contribution is 2.19. The first-order valence-corrected chi connectivity index (χ1v) is 8.33. The van der Waals surface area contributed by atoms with E-state index in [1.165, 1.54) is 36.1 Å². The van der Waals surface area contributed by atoms with Crippen molar-refractivity contribution in [3.63, 3.8) is 0 Å². The fourth-order valence-corrected chi connectivity index (χ4v) is 3.29. The molecule has 0 bridgehead atoms. The summed E-state index contributed by atoms with van der Waals surface area (Å²) >= 11 is 1.79. The van der Waals surface area contributed by atoms with Crippen LogP contribution in [0.5, 0.6) is 0 Å². The Labute approximate surface area is 149 Å². The first-order chi connectivity index (χ1) is 9.79. The zero-order valence-electron chi connectivity index (χ0n) is 12.9. The standard InChI is InChI=1S/C16H25N3S.HI/c1-13-9-11-20-15(13)12-19-16(17-2)18-10-8-14-6-4-3-5-7-14;/h6,9,11H,3-5,7-8,10,12H2,1-2H3,(H2,17,18,19);1H. The van der Waals surface area contributed by atoms with Crippen LogP contribution in [-0.2, 0) is 6.54 Å². The van der Waals surface area contributed by atoms with Gasteiger partial charge in [-0.05, 0) is 56.0 Å². The number of hydrogen-bond acceptors (Lipinski definition) is 2. The van der Waals surface area contributed by atoms with Gasteiger partial charge in [0.15, 0.2) is 5.96 Å². The SMILES string of the molecule is CN=C(NCCC1=CCCCC1)NCc1sccc1C.I. The van der Waals surface area contributed by atoms with E-state index in [1.54, 1.807) is 16.9 Å². The van der Waals surface area contributed by atoms with Crippen LogP contribution in [0.15, 0.2) is 28.1 Å². The average molecular weight is 419 g/mol. The van der Waals surface area contributed by atoms with Crippen LogP contribution in [0.4, 0.5) is 0 Å². The number of guanidine groups is 1. The molecule has 0 atom stereocenters. The maximum absolute atomic E-state index is 4.28. The predicted molar refractivity (Wildman–Crippen MR) is 104 cm³/mol. The van der Waals surface area contributed by atoms with Crippen LogP contribution in [0.25, 0.3) is 0 Å². The summed E-state index contributed by atoms with van der Waals surface area (Å²) in [6.45, 7) is 3.97. The molecule has 0 radical (unpaired) electrons. The molecule has 1 heterocycles. The fourth-order valence-electron chi connectivity index (χ4n) is 2.44. The summed E-state index contributed by atoms with van der Waals surface area (Å²) in [5, 5.41) is 8.92. The Bertz CT molecular complexity index is 480. The number of thiophene rings is 1. The molecule has 3 nitrogen and oxygen atoms in total.